The Balaban J connectivity index is 2.76. The summed E-state index contributed by atoms with van der Waals surface area (Å²) in [6, 6.07) is 4.81. The molecule has 0 aliphatic heterocycles. The molecule has 112 valence electrons. The van der Waals surface area contributed by atoms with Crippen LogP contribution in [-0.2, 0) is 9.84 Å². The summed E-state index contributed by atoms with van der Waals surface area (Å²) in [6.07, 6.45) is 0. The Kier molecular flexibility index (Phi) is 5.38. The molecule has 0 aliphatic carbocycles. The largest absolute Gasteiger partial charge is 0.493 e. The van der Waals surface area contributed by atoms with Crippen LogP contribution in [0.5, 0.6) is 11.5 Å². The first-order valence-electron chi connectivity index (χ1n) is 6.14. The number of hydrogen-bond donors (Lipinski definition) is 2. The second-order valence-electron chi connectivity index (χ2n) is 4.54. The Bertz CT molecular complexity index is 582. The van der Waals surface area contributed by atoms with Crippen LogP contribution >= 0.6 is 0 Å². The van der Waals surface area contributed by atoms with E-state index < -0.39 is 15.1 Å². The zero-order valence-corrected chi connectivity index (χ0v) is 12.7. The smallest absolute Gasteiger partial charge is 0.161 e. The minimum Gasteiger partial charge on any atom is -0.493 e. The molecule has 0 bridgehead atoms. The SMILES string of the molecule is COc1cc(C(=N)N)ccc1OCCS(=O)(=O)C(C)C. The molecular formula is C13H20N2O4S. The first-order valence-corrected chi connectivity index (χ1v) is 7.86. The molecule has 0 radical (unpaired) electrons. The standard InChI is InChI=1S/C13H20N2O4S/c1-9(2)20(16,17)7-6-19-11-5-4-10(13(14)15)8-12(11)18-3/h4-5,8-9H,6-7H2,1-3H3,(H3,14,15). The maximum Gasteiger partial charge on any atom is 0.161 e. The number of ether oxygens (including phenoxy) is 2. The monoisotopic (exact) mass is 300 g/mol. The minimum atomic E-state index is -3.13. The fourth-order valence-corrected chi connectivity index (χ4v) is 2.24. The zero-order chi connectivity index (χ0) is 15.3. The highest BCUT2D eigenvalue weighted by Crippen LogP contribution is 2.27. The van der Waals surface area contributed by atoms with Crippen LogP contribution in [0.2, 0.25) is 0 Å². The summed E-state index contributed by atoms with van der Waals surface area (Å²) < 4.78 is 33.9. The first kappa shape index (κ1) is 16.3. The number of nitrogens with one attached hydrogen (secondary N) is 1. The third-order valence-corrected chi connectivity index (χ3v) is 4.99. The first-order chi connectivity index (χ1) is 9.27. The third-order valence-electron chi connectivity index (χ3n) is 2.82. The van der Waals surface area contributed by atoms with Crippen molar-refractivity contribution in [2.45, 2.75) is 19.1 Å². The molecule has 0 aliphatic rings. The summed E-state index contributed by atoms with van der Waals surface area (Å²) in [4.78, 5) is 0. The van der Waals surface area contributed by atoms with Gasteiger partial charge in [-0.2, -0.15) is 0 Å². The number of sulfone groups is 1. The summed E-state index contributed by atoms with van der Waals surface area (Å²) in [5.74, 6) is 0.718. The van der Waals surface area contributed by atoms with E-state index in [1.54, 1.807) is 32.0 Å². The van der Waals surface area contributed by atoms with Crippen LogP contribution in [0.1, 0.15) is 19.4 Å². The summed E-state index contributed by atoms with van der Waals surface area (Å²) >= 11 is 0. The summed E-state index contributed by atoms with van der Waals surface area (Å²) in [5.41, 5.74) is 5.90. The third kappa shape index (κ3) is 4.12. The van der Waals surface area contributed by atoms with E-state index in [0.717, 1.165) is 0 Å². The van der Waals surface area contributed by atoms with Crippen molar-refractivity contribution >= 4 is 15.7 Å². The fourth-order valence-electron chi connectivity index (χ4n) is 1.46. The van der Waals surface area contributed by atoms with Gasteiger partial charge in [-0.15, -0.1) is 0 Å². The van der Waals surface area contributed by atoms with Gasteiger partial charge in [0.2, 0.25) is 0 Å². The highest BCUT2D eigenvalue weighted by Gasteiger charge is 2.16. The molecule has 1 aromatic rings. The minimum absolute atomic E-state index is 0.0519. The fraction of sp³-hybridized carbons (Fsp3) is 0.462. The highest BCUT2D eigenvalue weighted by molar-refractivity contribution is 7.91. The van der Waals surface area contributed by atoms with Gasteiger partial charge in [0.1, 0.15) is 12.4 Å². The molecule has 0 saturated heterocycles. The van der Waals surface area contributed by atoms with Gasteiger partial charge in [-0.25, -0.2) is 8.42 Å². The number of amidine groups is 1. The van der Waals surface area contributed by atoms with E-state index in [2.05, 4.69) is 0 Å². The number of rotatable bonds is 7. The van der Waals surface area contributed by atoms with Crippen molar-refractivity contribution in [2.75, 3.05) is 19.5 Å². The van der Waals surface area contributed by atoms with E-state index >= 15 is 0 Å². The molecule has 1 rings (SSSR count). The zero-order valence-electron chi connectivity index (χ0n) is 11.8. The quantitative estimate of drug-likeness (QED) is 0.581. The molecule has 0 fully saturated rings. The molecule has 6 nitrogen and oxygen atoms in total. The van der Waals surface area contributed by atoms with Crippen LogP contribution in [0.3, 0.4) is 0 Å². The molecule has 0 unspecified atom stereocenters. The second kappa shape index (κ2) is 6.60. The number of benzene rings is 1. The predicted molar refractivity (Wildman–Crippen MR) is 78.4 cm³/mol. The lowest BCUT2D eigenvalue weighted by molar-refractivity contribution is 0.311. The number of nitrogen functional groups attached to an aromatic ring is 1. The van der Waals surface area contributed by atoms with Crippen molar-refractivity contribution in [1.82, 2.24) is 0 Å². The maximum absolute atomic E-state index is 11.7. The molecule has 7 heteroatoms. The van der Waals surface area contributed by atoms with Crippen molar-refractivity contribution in [2.24, 2.45) is 5.73 Å². The Morgan fingerprint density at radius 3 is 2.50 bits per heavy atom. The van der Waals surface area contributed by atoms with Gasteiger partial charge in [-0.1, -0.05) is 0 Å². The van der Waals surface area contributed by atoms with E-state index in [1.165, 1.54) is 7.11 Å². The summed E-state index contributed by atoms with van der Waals surface area (Å²) in [6.45, 7) is 3.32. The highest BCUT2D eigenvalue weighted by atomic mass is 32.2. The van der Waals surface area contributed by atoms with E-state index in [1.807, 2.05) is 0 Å². The van der Waals surface area contributed by atoms with E-state index in [0.29, 0.717) is 17.1 Å². The normalized spacial score (nSPS) is 11.4. The lowest BCUT2D eigenvalue weighted by Gasteiger charge is -2.13. The van der Waals surface area contributed by atoms with Crippen molar-refractivity contribution < 1.29 is 17.9 Å². The number of methoxy groups -OCH3 is 1. The number of nitrogens with two attached hydrogens (primary N) is 1. The lowest BCUT2D eigenvalue weighted by Crippen LogP contribution is -2.22. The molecule has 0 atom stereocenters. The van der Waals surface area contributed by atoms with Crippen LogP contribution < -0.4 is 15.2 Å². The number of hydrogen-bond acceptors (Lipinski definition) is 5. The van der Waals surface area contributed by atoms with Crippen LogP contribution in [0.4, 0.5) is 0 Å². The second-order valence-corrected chi connectivity index (χ2v) is 7.22. The molecule has 0 spiro atoms. The van der Waals surface area contributed by atoms with Crippen LogP contribution in [0, 0.1) is 5.41 Å². The van der Waals surface area contributed by atoms with Gasteiger partial charge in [-0.05, 0) is 32.0 Å². The Hall–Kier alpha value is -1.76. The maximum atomic E-state index is 11.7. The van der Waals surface area contributed by atoms with Gasteiger partial charge >= 0.3 is 0 Å². The average Bonchev–Trinajstić information content (AvgIpc) is 2.38. The molecule has 3 N–H and O–H groups in total. The van der Waals surface area contributed by atoms with Gasteiger partial charge in [-0.3, -0.25) is 5.41 Å². The van der Waals surface area contributed by atoms with E-state index in [4.69, 9.17) is 20.6 Å². The lowest BCUT2D eigenvalue weighted by atomic mass is 10.2. The van der Waals surface area contributed by atoms with Gasteiger partial charge < -0.3 is 15.2 Å². The van der Waals surface area contributed by atoms with Gasteiger partial charge in [0, 0.05) is 5.56 Å². The van der Waals surface area contributed by atoms with Gasteiger partial charge in [0.05, 0.1) is 18.1 Å². The van der Waals surface area contributed by atoms with Crippen molar-refractivity contribution in [1.29, 1.82) is 5.41 Å². The van der Waals surface area contributed by atoms with Crippen molar-refractivity contribution in [3.63, 3.8) is 0 Å². The molecular weight excluding hydrogens is 280 g/mol. The molecule has 0 amide bonds. The molecule has 1 aromatic carbocycles. The van der Waals surface area contributed by atoms with E-state index in [9.17, 15) is 8.42 Å². The molecule has 0 heterocycles. The predicted octanol–water partition coefficient (Wildman–Crippen LogP) is 1.18. The Morgan fingerprint density at radius 2 is 2.00 bits per heavy atom. The van der Waals surface area contributed by atoms with Crippen molar-refractivity contribution in [3.8, 4) is 11.5 Å². The Morgan fingerprint density at radius 1 is 1.35 bits per heavy atom. The van der Waals surface area contributed by atoms with Crippen molar-refractivity contribution in [3.05, 3.63) is 23.8 Å². The average molecular weight is 300 g/mol. The summed E-state index contributed by atoms with van der Waals surface area (Å²) in [7, 11) is -1.66. The molecule has 0 aromatic heterocycles. The summed E-state index contributed by atoms with van der Waals surface area (Å²) in [5, 5.41) is 6.92. The molecule has 0 saturated carbocycles. The van der Waals surface area contributed by atoms with Gasteiger partial charge in [0.25, 0.3) is 0 Å². The van der Waals surface area contributed by atoms with Gasteiger partial charge in [0.15, 0.2) is 21.3 Å². The van der Waals surface area contributed by atoms with Crippen LogP contribution in [-0.4, -0.2) is 39.0 Å². The van der Waals surface area contributed by atoms with Crippen LogP contribution in [0.15, 0.2) is 18.2 Å². The van der Waals surface area contributed by atoms with Crippen LogP contribution in [0.25, 0.3) is 0 Å². The molecule has 20 heavy (non-hydrogen) atoms. The topological polar surface area (TPSA) is 102 Å². The van der Waals surface area contributed by atoms with E-state index in [-0.39, 0.29) is 18.2 Å². The Labute approximate surface area is 119 Å².